The van der Waals surface area contributed by atoms with E-state index in [9.17, 15) is 9.18 Å². The molecule has 0 spiro atoms. The molecule has 0 N–H and O–H groups in total. The summed E-state index contributed by atoms with van der Waals surface area (Å²) in [7, 11) is 0. The summed E-state index contributed by atoms with van der Waals surface area (Å²) in [5, 5.41) is 5.93. The lowest BCUT2D eigenvalue weighted by atomic mass is 10.2. The molecule has 0 aliphatic rings. The van der Waals surface area contributed by atoms with E-state index in [0.717, 1.165) is 22.6 Å². The average Bonchev–Trinajstić information content (AvgIpc) is 3.35. The molecule has 0 saturated carbocycles. The van der Waals surface area contributed by atoms with Crippen LogP contribution < -0.4 is 9.75 Å². The van der Waals surface area contributed by atoms with Gasteiger partial charge >= 0.3 is 0 Å². The van der Waals surface area contributed by atoms with Gasteiger partial charge in [-0.25, -0.2) is 9.37 Å². The molecule has 2 heterocycles. The second kappa shape index (κ2) is 8.91. The molecule has 0 aliphatic heterocycles. The molecular formula is C21H15ClFN3O2S2. The van der Waals surface area contributed by atoms with Crippen LogP contribution in [0, 0.1) is 5.82 Å². The van der Waals surface area contributed by atoms with Crippen molar-refractivity contribution in [1.82, 2.24) is 4.98 Å². The SMILES string of the molecule is CCOc1ccc(/C=N/N(C(=O)c2ccc(Cl)s2)c2nc3ccc(F)cc3s2)cc1. The summed E-state index contributed by atoms with van der Waals surface area (Å²) in [6, 6.07) is 14.9. The fourth-order valence-corrected chi connectivity index (χ4v) is 4.56. The zero-order valence-electron chi connectivity index (χ0n) is 15.7. The van der Waals surface area contributed by atoms with E-state index in [2.05, 4.69) is 10.1 Å². The first-order chi connectivity index (χ1) is 14.5. The number of anilines is 1. The van der Waals surface area contributed by atoms with Crippen molar-refractivity contribution in [2.75, 3.05) is 11.6 Å². The van der Waals surface area contributed by atoms with Crippen LogP contribution in [0.1, 0.15) is 22.2 Å². The zero-order valence-corrected chi connectivity index (χ0v) is 18.1. The number of benzene rings is 2. The summed E-state index contributed by atoms with van der Waals surface area (Å²) in [4.78, 5) is 18.0. The molecule has 5 nitrogen and oxygen atoms in total. The first-order valence-electron chi connectivity index (χ1n) is 8.96. The predicted octanol–water partition coefficient (Wildman–Crippen LogP) is 6.23. The van der Waals surface area contributed by atoms with Crippen LogP contribution in [0.15, 0.2) is 59.7 Å². The smallest absolute Gasteiger partial charge is 0.290 e. The molecule has 4 rings (SSSR count). The Balaban J connectivity index is 1.69. The quantitative estimate of drug-likeness (QED) is 0.253. The van der Waals surface area contributed by atoms with Crippen molar-refractivity contribution in [3.05, 3.63) is 75.2 Å². The summed E-state index contributed by atoms with van der Waals surface area (Å²) < 4.78 is 20.1. The van der Waals surface area contributed by atoms with Gasteiger partial charge in [0.15, 0.2) is 0 Å². The van der Waals surface area contributed by atoms with E-state index in [1.807, 2.05) is 31.2 Å². The van der Waals surface area contributed by atoms with Gasteiger partial charge in [-0.15, -0.1) is 11.3 Å². The van der Waals surface area contributed by atoms with Gasteiger partial charge in [0, 0.05) is 0 Å². The Kier molecular flexibility index (Phi) is 6.08. The third-order valence-electron chi connectivity index (χ3n) is 4.01. The molecule has 0 unspecified atom stereocenters. The maximum atomic E-state index is 13.6. The normalized spacial score (nSPS) is 11.3. The Bertz CT molecular complexity index is 1220. The molecular weight excluding hydrogens is 445 g/mol. The number of halogens is 2. The van der Waals surface area contributed by atoms with Crippen molar-refractivity contribution >= 4 is 61.7 Å². The predicted molar refractivity (Wildman–Crippen MR) is 121 cm³/mol. The maximum absolute atomic E-state index is 13.6. The molecule has 0 fully saturated rings. The number of carbonyl (C=O) groups is 1. The second-order valence-corrected chi connectivity index (χ2v) is 8.80. The summed E-state index contributed by atoms with van der Waals surface area (Å²) in [5.74, 6) is 0.0242. The molecule has 0 saturated heterocycles. The van der Waals surface area contributed by atoms with Crippen LogP contribution in [-0.2, 0) is 0 Å². The molecule has 2 aromatic heterocycles. The fraction of sp³-hybridized carbons (Fsp3) is 0.0952. The van der Waals surface area contributed by atoms with Gasteiger partial charge in [-0.05, 0) is 67.1 Å². The van der Waals surface area contributed by atoms with Crippen LogP contribution >= 0.6 is 34.3 Å². The number of hydrogen-bond acceptors (Lipinski definition) is 6. The highest BCUT2D eigenvalue weighted by molar-refractivity contribution is 7.22. The standard InChI is InChI=1S/C21H15ClFN3O2S2/c1-2-28-15-6-3-13(4-7-15)12-24-26(20(27)17-9-10-19(22)29-17)21-25-16-8-5-14(23)11-18(16)30-21/h3-12H,2H2,1H3/b24-12+. The van der Waals surface area contributed by atoms with E-state index < -0.39 is 0 Å². The van der Waals surface area contributed by atoms with Crippen LogP contribution in [0.2, 0.25) is 4.34 Å². The molecule has 2 aromatic carbocycles. The third-order valence-corrected chi connectivity index (χ3v) is 6.22. The Morgan fingerprint density at radius 1 is 1.20 bits per heavy atom. The fourth-order valence-electron chi connectivity index (χ4n) is 2.64. The highest BCUT2D eigenvalue weighted by Gasteiger charge is 2.22. The Hall–Kier alpha value is -2.81. The van der Waals surface area contributed by atoms with Gasteiger partial charge in [-0.1, -0.05) is 22.9 Å². The number of aromatic nitrogens is 1. The van der Waals surface area contributed by atoms with Crippen LogP contribution in [-0.4, -0.2) is 23.7 Å². The molecule has 0 atom stereocenters. The van der Waals surface area contributed by atoms with Gasteiger partial charge in [0.05, 0.1) is 32.3 Å². The van der Waals surface area contributed by atoms with Crippen LogP contribution in [0.5, 0.6) is 5.75 Å². The van der Waals surface area contributed by atoms with Gasteiger partial charge in [-0.3, -0.25) is 4.79 Å². The number of thiazole rings is 1. The van der Waals surface area contributed by atoms with E-state index in [0.29, 0.717) is 31.2 Å². The third kappa shape index (κ3) is 4.51. The van der Waals surface area contributed by atoms with Crippen molar-refractivity contribution in [3.8, 4) is 5.75 Å². The lowest BCUT2D eigenvalue weighted by molar-refractivity contribution is 0.0991. The minimum absolute atomic E-state index is 0.340. The van der Waals surface area contributed by atoms with Gasteiger partial charge in [0.25, 0.3) is 5.91 Å². The molecule has 152 valence electrons. The Morgan fingerprint density at radius 2 is 2.00 bits per heavy atom. The summed E-state index contributed by atoms with van der Waals surface area (Å²) in [6.07, 6.45) is 1.56. The molecule has 0 bridgehead atoms. The minimum Gasteiger partial charge on any atom is -0.494 e. The number of ether oxygens (including phenoxy) is 1. The largest absolute Gasteiger partial charge is 0.494 e. The van der Waals surface area contributed by atoms with Crippen molar-refractivity contribution in [2.45, 2.75) is 6.92 Å². The van der Waals surface area contributed by atoms with Crippen LogP contribution in [0.25, 0.3) is 10.2 Å². The summed E-state index contributed by atoms with van der Waals surface area (Å²) >= 11 is 8.34. The summed E-state index contributed by atoms with van der Waals surface area (Å²) in [6.45, 7) is 2.50. The number of hydrogen-bond donors (Lipinski definition) is 0. The maximum Gasteiger partial charge on any atom is 0.290 e. The molecule has 1 amide bonds. The van der Waals surface area contributed by atoms with Crippen molar-refractivity contribution in [1.29, 1.82) is 0 Å². The number of nitrogens with zero attached hydrogens (tertiary/aromatic N) is 3. The summed E-state index contributed by atoms with van der Waals surface area (Å²) in [5.41, 5.74) is 1.38. The van der Waals surface area contributed by atoms with E-state index in [1.165, 1.54) is 28.5 Å². The van der Waals surface area contributed by atoms with Gasteiger partial charge in [0.1, 0.15) is 11.6 Å². The van der Waals surface area contributed by atoms with Crippen molar-refractivity contribution in [2.24, 2.45) is 5.10 Å². The monoisotopic (exact) mass is 459 g/mol. The minimum atomic E-state index is -0.367. The van der Waals surface area contributed by atoms with Crippen LogP contribution in [0.3, 0.4) is 0 Å². The van der Waals surface area contributed by atoms with Gasteiger partial charge < -0.3 is 4.74 Å². The van der Waals surface area contributed by atoms with Crippen molar-refractivity contribution in [3.63, 3.8) is 0 Å². The molecule has 0 radical (unpaired) electrons. The number of hydrazone groups is 1. The van der Waals surface area contributed by atoms with E-state index in [4.69, 9.17) is 16.3 Å². The lowest BCUT2D eigenvalue weighted by Crippen LogP contribution is -2.24. The van der Waals surface area contributed by atoms with Gasteiger partial charge in [0.2, 0.25) is 5.13 Å². The van der Waals surface area contributed by atoms with Gasteiger partial charge in [-0.2, -0.15) is 10.1 Å². The average molecular weight is 460 g/mol. The van der Waals surface area contributed by atoms with Crippen molar-refractivity contribution < 1.29 is 13.9 Å². The highest BCUT2D eigenvalue weighted by Crippen LogP contribution is 2.32. The first-order valence-corrected chi connectivity index (χ1v) is 11.0. The number of carbonyl (C=O) groups excluding carboxylic acids is 1. The second-order valence-electron chi connectivity index (χ2n) is 6.08. The number of amides is 1. The number of thiophene rings is 1. The van der Waals surface area contributed by atoms with E-state index in [1.54, 1.807) is 24.4 Å². The number of rotatable bonds is 6. The topological polar surface area (TPSA) is 54.8 Å². The Morgan fingerprint density at radius 3 is 2.70 bits per heavy atom. The number of fused-ring (bicyclic) bond motifs is 1. The zero-order chi connectivity index (χ0) is 21.1. The molecule has 0 aliphatic carbocycles. The molecule has 30 heavy (non-hydrogen) atoms. The lowest BCUT2D eigenvalue weighted by Gasteiger charge is -2.12. The van der Waals surface area contributed by atoms with E-state index in [-0.39, 0.29) is 11.7 Å². The highest BCUT2D eigenvalue weighted by atomic mass is 35.5. The Labute approximate surface area is 185 Å². The first kappa shape index (κ1) is 20.5. The molecule has 4 aromatic rings. The van der Waals surface area contributed by atoms with Crippen LogP contribution in [0.4, 0.5) is 9.52 Å². The van der Waals surface area contributed by atoms with E-state index >= 15 is 0 Å². The molecule has 9 heteroatoms.